The Morgan fingerprint density at radius 3 is 0.560 bits per heavy atom. The normalized spacial score (nSPS) is 24.7. The summed E-state index contributed by atoms with van der Waals surface area (Å²) in [4.78, 5) is 0. The molecule has 0 aromatic heterocycles. The van der Waals surface area contributed by atoms with Gasteiger partial charge >= 0.3 is 0 Å². The monoisotopic (exact) mass is 1400 g/mol. The van der Waals surface area contributed by atoms with E-state index in [0.29, 0.717) is 62.2 Å². The highest BCUT2D eigenvalue weighted by Gasteiger charge is 2.43. The van der Waals surface area contributed by atoms with Gasteiger partial charge in [-0.05, 0) is 185 Å². The molecule has 0 saturated carbocycles. The first kappa shape index (κ1) is 73.6. The Morgan fingerprint density at radius 2 is 0.350 bits per heavy atom. The zero-order chi connectivity index (χ0) is 95.0. The van der Waals surface area contributed by atoms with Gasteiger partial charge in [-0.15, -0.1) is 0 Å². The van der Waals surface area contributed by atoms with E-state index in [1.54, 1.807) is 110 Å². The average Bonchev–Trinajstić information content (AvgIpc) is 1.53. The second-order valence-corrected chi connectivity index (χ2v) is 27.9. The second-order valence-electron chi connectivity index (χ2n) is 27.9. The summed E-state index contributed by atoms with van der Waals surface area (Å²) in [5.41, 5.74) is 9.77. The molecule has 0 fully saturated rings. The van der Waals surface area contributed by atoms with Crippen molar-refractivity contribution < 1.29 is 24.7 Å². The highest BCUT2D eigenvalue weighted by Crippen LogP contribution is 2.51. The van der Waals surface area contributed by atoms with Crippen LogP contribution in [0.5, 0.6) is 0 Å². The summed E-state index contributed by atoms with van der Waals surface area (Å²) >= 11 is 0. The largest absolute Gasteiger partial charge is 0.0683 e. The molecule has 0 bridgehead atoms. The van der Waals surface area contributed by atoms with E-state index in [4.69, 9.17) is 24.7 Å². The van der Waals surface area contributed by atoms with Gasteiger partial charge in [0.05, 0.1) is 0 Å². The van der Waals surface area contributed by atoms with Crippen molar-refractivity contribution in [2.45, 2.75) is 412 Å². The first-order valence-corrected chi connectivity index (χ1v) is 40.1. The van der Waals surface area contributed by atoms with Crippen LogP contribution in [0.25, 0.3) is 0 Å². The van der Waals surface area contributed by atoms with Crippen LogP contribution in [0.1, 0.15) is 434 Å². The fourth-order valence-electron chi connectivity index (χ4n) is 13.7. The van der Waals surface area contributed by atoms with Crippen molar-refractivity contribution in [3.63, 3.8) is 0 Å². The van der Waals surface area contributed by atoms with Gasteiger partial charge in [-0.1, -0.05) is 450 Å². The minimum atomic E-state index is -2.47. The first-order chi connectivity index (χ1) is 54.6. The zero-order valence-electron chi connectivity index (χ0n) is 90.9. The summed E-state index contributed by atoms with van der Waals surface area (Å²) in [5, 5.41) is 0. The molecule has 576 valence electrons. The predicted octanol–water partition coefficient (Wildman–Crippen LogP) is 33.3. The molecular formula is C100H176. The van der Waals surface area contributed by atoms with Gasteiger partial charge in [0.15, 0.2) is 0 Å². The summed E-state index contributed by atoms with van der Waals surface area (Å²) in [5.74, 6) is 0. The number of hydrogen-bond donors (Lipinski definition) is 0. The van der Waals surface area contributed by atoms with Crippen LogP contribution in [0.3, 0.4) is 0 Å². The molecule has 100 heavy (non-hydrogen) atoms. The maximum Gasteiger partial charge on any atom is 0.0239 e. The molecule has 0 amide bonds. The van der Waals surface area contributed by atoms with E-state index in [9.17, 15) is 0 Å². The second kappa shape index (κ2) is 52.3. The van der Waals surface area contributed by atoms with Gasteiger partial charge in [0.2, 0.25) is 0 Å². The molecule has 0 saturated heterocycles. The molecule has 6 aliphatic carbocycles. The van der Waals surface area contributed by atoms with Crippen LogP contribution in [0.4, 0.5) is 0 Å². The van der Waals surface area contributed by atoms with Gasteiger partial charge in [0, 0.05) is 24.7 Å². The lowest BCUT2D eigenvalue weighted by Crippen LogP contribution is -2.33. The lowest BCUT2D eigenvalue weighted by atomic mass is 9.63. The summed E-state index contributed by atoms with van der Waals surface area (Å²) in [6.07, 6.45) is 7.42. The molecule has 0 nitrogen and oxygen atoms in total. The van der Waals surface area contributed by atoms with Crippen LogP contribution in [0.2, 0.25) is 0 Å². The minimum absolute atomic E-state index is 0.107. The van der Waals surface area contributed by atoms with Crippen molar-refractivity contribution in [1.82, 2.24) is 0 Å². The van der Waals surface area contributed by atoms with Crippen molar-refractivity contribution in [2.75, 3.05) is 0 Å². The Kier molecular flexibility index (Phi) is 38.5. The van der Waals surface area contributed by atoms with Gasteiger partial charge in [0.25, 0.3) is 0 Å². The number of benzene rings is 6. The molecule has 0 N–H and O–H groups in total. The third kappa shape index (κ3) is 33.0. The molecule has 6 aromatic rings. The van der Waals surface area contributed by atoms with Gasteiger partial charge in [-0.3, -0.25) is 0 Å². The molecule has 4 unspecified atom stereocenters. The third-order valence-electron chi connectivity index (χ3n) is 17.7. The van der Waals surface area contributed by atoms with Crippen molar-refractivity contribution in [1.29, 1.82) is 0 Å². The Bertz CT molecular complexity index is 3400. The van der Waals surface area contributed by atoms with Gasteiger partial charge in [-0.2, -0.15) is 0 Å². The van der Waals surface area contributed by atoms with E-state index >= 15 is 0 Å². The standard InChI is InChI=1S/2C14H20.2C13H18.2C11H14.12C2H6/c2*1-13(2)9-10-14(3,4)12-8-6-5-7-11(12)13;2*1-12(2)9-13(3,4)11-8-6-5-7-10(11)12;2*1-11(2)7-9-5-3-4-6-10(9)8-11;12*1-2/h2*5-8H,9-10H2,1-4H3;2*5-8H,9H2,1-4H3;2*3-6H,7-8H2,1-2H3;12*1-2H3/i1D3,3D3;;1D3,3D3;;1D3,2D3;;;;;;;;;;;;;. The number of hydrogen-bond acceptors (Lipinski definition) is 0. The van der Waals surface area contributed by atoms with Crippen molar-refractivity contribution >= 4 is 0 Å². The molecule has 4 atom stereocenters. The van der Waals surface area contributed by atoms with Crippen LogP contribution in [0, 0.1) is 10.8 Å². The summed E-state index contributed by atoms with van der Waals surface area (Å²) in [6.45, 7) is 64.6. The molecule has 0 spiro atoms. The van der Waals surface area contributed by atoms with Gasteiger partial charge < -0.3 is 0 Å². The smallest absolute Gasteiger partial charge is 0.0239 e. The molecule has 12 rings (SSSR count). The van der Waals surface area contributed by atoms with Gasteiger partial charge in [-0.25, -0.2) is 0 Å². The Hall–Kier alpha value is -4.68. The average molecular weight is 1400 g/mol. The minimum Gasteiger partial charge on any atom is -0.0683 e. The van der Waals surface area contributed by atoms with E-state index in [-0.39, 0.29) is 19.3 Å². The molecule has 0 heteroatoms. The molecular weight excluding hydrogens is 1200 g/mol. The highest BCUT2D eigenvalue weighted by atomic mass is 14.5. The van der Waals surface area contributed by atoms with Crippen LogP contribution in [-0.2, 0) is 69.0 Å². The predicted molar refractivity (Wildman–Crippen MR) is 469 cm³/mol. The Morgan fingerprint density at radius 1 is 0.190 bits per heavy atom. The molecule has 6 aromatic carbocycles. The number of rotatable bonds is 0. The van der Waals surface area contributed by atoms with E-state index in [1.807, 2.05) is 190 Å². The van der Waals surface area contributed by atoms with Gasteiger partial charge in [0.1, 0.15) is 0 Å². The highest BCUT2D eigenvalue weighted by molar-refractivity contribution is 5.46. The molecule has 6 aliphatic rings. The maximum atomic E-state index is 7.83. The Balaban J connectivity index is -0.000000305. The van der Waals surface area contributed by atoms with Crippen molar-refractivity contribution in [3.05, 3.63) is 212 Å². The van der Waals surface area contributed by atoms with E-state index in [0.717, 1.165) is 11.1 Å². The fraction of sp³-hybridized carbons (Fsp3) is 0.640. The van der Waals surface area contributed by atoms with Crippen LogP contribution in [0.15, 0.2) is 146 Å². The number of fused-ring (bicyclic) bond motifs is 6. The van der Waals surface area contributed by atoms with Crippen molar-refractivity contribution in [2.24, 2.45) is 10.8 Å². The van der Waals surface area contributed by atoms with E-state index in [1.165, 1.54) is 32.1 Å². The SMILES string of the molecule is CC.CC.CC.CC.CC.CC.CC.CC.CC.CC.CC.CC.CC1(C)CC(C)(C)c2ccccc21.CC1(C)CCC(C)(C)c2ccccc21.CC1(C)Cc2ccccc2C1.[2H]C([2H])([2H])C1(C([2H])([2H])[2H])Cc2ccccc2C1.[2H]C([2H])([2H])C1(C)CC(C)(C([2H])([2H])[2H])c2ccccc21.[2H]C([2H])([2H])C1(C)CCC(C)(C([2H])([2H])[2H])c2ccccc21. The van der Waals surface area contributed by atoms with Crippen LogP contribution in [-0.4, -0.2) is 0 Å². The molecule has 0 heterocycles. The summed E-state index contributed by atoms with van der Waals surface area (Å²) in [7, 11) is 0. The lowest BCUT2D eigenvalue weighted by Gasteiger charge is -2.41. The Labute approximate surface area is 656 Å². The van der Waals surface area contributed by atoms with Crippen LogP contribution < -0.4 is 0 Å². The zero-order valence-corrected chi connectivity index (χ0v) is 72.9. The molecule has 0 radical (unpaired) electrons. The quantitative estimate of drug-likeness (QED) is 0.142. The first-order valence-electron chi connectivity index (χ1n) is 49.1. The molecule has 0 aliphatic heterocycles. The van der Waals surface area contributed by atoms with Crippen molar-refractivity contribution in [3.8, 4) is 0 Å². The third-order valence-corrected chi connectivity index (χ3v) is 17.7. The maximum absolute atomic E-state index is 7.83. The summed E-state index contributed by atoms with van der Waals surface area (Å²) in [6, 6.07) is 48.0. The van der Waals surface area contributed by atoms with Crippen LogP contribution >= 0.6 is 0 Å². The lowest BCUT2D eigenvalue weighted by molar-refractivity contribution is 0.332. The fourth-order valence-corrected chi connectivity index (χ4v) is 13.7. The van der Waals surface area contributed by atoms with E-state index < -0.39 is 68.2 Å². The summed E-state index contributed by atoms with van der Waals surface area (Å²) < 4.78 is 139. The van der Waals surface area contributed by atoms with E-state index in [2.05, 4.69) is 142 Å². The topological polar surface area (TPSA) is 0 Å².